The fourth-order valence-electron chi connectivity index (χ4n) is 1.96. The molecular weight excluding hydrogens is 196 g/mol. The van der Waals surface area contributed by atoms with Crippen LogP contribution in [-0.2, 0) is 0 Å². The summed E-state index contributed by atoms with van der Waals surface area (Å²) < 4.78 is 4.02. The summed E-state index contributed by atoms with van der Waals surface area (Å²) in [4.78, 5) is 6.53. The van der Waals surface area contributed by atoms with E-state index in [0.29, 0.717) is 12.0 Å². The molecule has 0 amide bonds. The van der Waals surface area contributed by atoms with Crippen LogP contribution < -0.4 is 10.6 Å². The second kappa shape index (κ2) is 4.23. The number of rotatable bonds is 2. The van der Waals surface area contributed by atoms with Crippen molar-refractivity contribution in [2.45, 2.75) is 25.8 Å². The summed E-state index contributed by atoms with van der Waals surface area (Å²) in [7, 11) is 0. The molecule has 0 saturated carbocycles. The Bertz CT molecular complexity index is 274. The Morgan fingerprint density at radius 2 is 2.57 bits per heavy atom. The topological polar surface area (TPSA) is 55.0 Å². The van der Waals surface area contributed by atoms with Crippen molar-refractivity contribution in [1.29, 1.82) is 0 Å². The summed E-state index contributed by atoms with van der Waals surface area (Å²) in [6, 6.07) is 0.365. The van der Waals surface area contributed by atoms with Gasteiger partial charge in [0.25, 0.3) is 0 Å². The van der Waals surface area contributed by atoms with Crippen LogP contribution in [0.5, 0.6) is 0 Å². The zero-order valence-corrected chi connectivity index (χ0v) is 9.20. The van der Waals surface area contributed by atoms with E-state index in [-0.39, 0.29) is 0 Å². The molecule has 0 radical (unpaired) electrons. The smallest absolute Gasteiger partial charge is 0.204 e. The van der Waals surface area contributed by atoms with E-state index >= 15 is 0 Å². The van der Waals surface area contributed by atoms with E-state index in [1.807, 2.05) is 0 Å². The zero-order chi connectivity index (χ0) is 9.97. The van der Waals surface area contributed by atoms with Gasteiger partial charge in [-0.15, -0.1) is 0 Å². The molecule has 14 heavy (non-hydrogen) atoms. The van der Waals surface area contributed by atoms with Crippen LogP contribution >= 0.6 is 11.5 Å². The highest BCUT2D eigenvalue weighted by molar-refractivity contribution is 7.09. The lowest BCUT2D eigenvalue weighted by molar-refractivity contribution is 0.348. The SMILES string of the molecule is CCC1CN(c2ncns2)CCC1N. The zero-order valence-electron chi connectivity index (χ0n) is 8.39. The van der Waals surface area contributed by atoms with Gasteiger partial charge in [0.2, 0.25) is 5.13 Å². The maximum absolute atomic E-state index is 6.05. The van der Waals surface area contributed by atoms with Gasteiger partial charge in [-0.3, -0.25) is 0 Å². The molecule has 1 saturated heterocycles. The maximum atomic E-state index is 6.05. The van der Waals surface area contributed by atoms with Gasteiger partial charge >= 0.3 is 0 Å². The Hall–Kier alpha value is -0.680. The highest BCUT2D eigenvalue weighted by Gasteiger charge is 2.26. The first-order valence-corrected chi connectivity index (χ1v) is 5.85. The summed E-state index contributed by atoms with van der Waals surface area (Å²) in [5.41, 5.74) is 6.05. The first-order chi connectivity index (χ1) is 6.81. The molecule has 2 unspecified atom stereocenters. The maximum Gasteiger partial charge on any atom is 0.204 e. The molecule has 4 nitrogen and oxygen atoms in total. The molecule has 5 heteroatoms. The minimum Gasteiger partial charge on any atom is -0.346 e. The third kappa shape index (κ3) is 1.88. The van der Waals surface area contributed by atoms with Crippen molar-refractivity contribution in [3.63, 3.8) is 0 Å². The largest absolute Gasteiger partial charge is 0.346 e. The molecule has 1 aromatic heterocycles. The predicted molar refractivity (Wildman–Crippen MR) is 58.5 cm³/mol. The Labute approximate surface area is 88.3 Å². The quantitative estimate of drug-likeness (QED) is 0.797. The molecule has 0 bridgehead atoms. The summed E-state index contributed by atoms with van der Waals surface area (Å²) in [5, 5.41) is 1.04. The van der Waals surface area contributed by atoms with Crippen molar-refractivity contribution in [3.8, 4) is 0 Å². The van der Waals surface area contributed by atoms with Crippen LogP contribution in [0.4, 0.5) is 5.13 Å². The lowest BCUT2D eigenvalue weighted by Crippen LogP contribution is -2.46. The van der Waals surface area contributed by atoms with Gasteiger partial charge in [0.1, 0.15) is 6.33 Å². The molecular formula is C9H16N4S. The molecule has 0 aromatic carbocycles. The van der Waals surface area contributed by atoms with E-state index in [1.165, 1.54) is 11.5 Å². The fourth-order valence-corrected chi connectivity index (χ4v) is 2.53. The first-order valence-electron chi connectivity index (χ1n) is 5.08. The number of piperidine rings is 1. The molecule has 2 rings (SSSR count). The molecule has 1 aliphatic heterocycles. The van der Waals surface area contributed by atoms with Crippen molar-refractivity contribution in [2.75, 3.05) is 18.0 Å². The van der Waals surface area contributed by atoms with Crippen LogP contribution in [0.1, 0.15) is 19.8 Å². The molecule has 0 aliphatic carbocycles. The van der Waals surface area contributed by atoms with Gasteiger partial charge in [-0.2, -0.15) is 4.37 Å². The Morgan fingerprint density at radius 1 is 1.71 bits per heavy atom. The van der Waals surface area contributed by atoms with Crippen molar-refractivity contribution >= 4 is 16.7 Å². The summed E-state index contributed by atoms with van der Waals surface area (Å²) in [6.45, 7) is 4.26. The van der Waals surface area contributed by atoms with E-state index in [1.54, 1.807) is 6.33 Å². The van der Waals surface area contributed by atoms with Crippen LogP contribution in [0.25, 0.3) is 0 Å². The molecule has 1 aliphatic rings. The summed E-state index contributed by atoms with van der Waals surface area (Å²) >= 11 is 1.47. The van der Waals surface area contributed by atoms with Crippen molar-refractivity contribution in [1.82, 2.24) is 9.36 Å². The average Bonchev–Trinajstić information content (AvgIpc) is 2.71. The highest BCUT2D eigenvalue weighted by Crippen LogP contribution is 2.24. The second-order valence-electron chi connectivity index (χ2n) is 3.79. The Morgan fingerprint density at radius 3 is 3.21 bits per heavy atom. The molecule has 78 valence electrons. The molecule has 2 atom stereocenters. The van der Waals surface area contributed by atoms with Crippen LogP contribution in [0.3, 0.4) is 0 Å². The Kier molecular flexibility index (Phi) is 2.98. The van der Waals surface area contributed by atoms with E-state index < -0.39 is 0 Å². The molecule has 1 fully saturated rings. The number of hydrogen-bond donors (Lipinski definition) is 1. The predicted octanol–water partition coefficient (Wildman–Crippen LogP) is 1.10. The lowest BCUT2D eigenvalue weighted by atomic mass is 9.91. The second-order valence-corrected chi connectivity index (χ2v) is 4.55. The fraction of sp³-hybridized carbons (Fsp3) is 0.778. The number of nitrogens with two attached hydrogens (primary N) is 1. The van der Waals surface area contributed by atoms with E-state index in [0.717, 1.165) is 31.1 Å². The highest BCUT2D eigenvalue weighted by atomic mass is 32.1. The molecule has 0 spiro atoms. The van der Waals surface area contributed by atoms with Crippen LogP contribution in [0.2, 0.25) is 0 Å². The molecule has 2 heterocycles. The minimum absolute atomic E-state index is 0.365. The van der Waals surface area contributed by atoms with Gasteiger partial charge in [0, 0.05) is 30.7 Å². The van der Waals surface area contributed by atoms with E-state index in [2.05, 4.69) is 21.2 Å². The standard InChI is InChI=1S/C9H16N4S/c1-2-7-5-13(4-3-8(7)10)9-11-6-12-14-9/h6-8H,2-5,10H2,1H3. The lowest BCUT2D eigenvalue weighted by Gasteiger charge is -2.36. The van der Waals surface area contributed by atoms with Gasteiger partial charge in [0.15, 0.2) is 0 Å². The van der Waals surface area contributed by atoms with Gasteiger partial charge in [-0.1, -0.05) is 13.3 Å². The Balaban J connectivity index is 2.03. The molecule has 1 aromatic rings. The molecule has 2 N–H and O–H groups in total. The van der Waals surface area contributed by atoms with Gasteiger partial charge in [-0.05, 0) is 12.3 Å². The van der Waals surface area contributed by atoms with Gasteiger partial charge in [-0.25, -0.2) is 4.98 Å². The monoisotopic (exact) mass is 212 g/mol. The third-order valence-electron chi connectivity index (χ3n) is 2.94. The van der Waals surface area contributed by atoms with Gasteiger partial charge < -0.3 is 10.6 Å². The van der Waals surface area contributed by atoms with Crippen LogP contribution in [0, 0.1) is 5.92 Å². The van der Waals surface area contributed by atoms with E-state index in [4.69, 9.17) is 5.73 Å². The van der Waals surface area contributed by atoms with Crippen molar-refractivity contribution in [3.05, 3.63) is 6.33 Å². The number of anilines is 1. The van der Waals surface area contributed by atoms with E-state index in [9.17, 15) is 0 Å². The van der Waals surface area contributed by atoms with Crippen LogP contribution in [-0.4, -0.2) is 28.5 Å². The van der Waals surface area contributed by atoms with Crippen molar-refractivity contribution < 1.29 is 0 Å². The average molecular weight is 212 g/mol. The number of nitrogens with zero attached hydrogens (tertiary/aromatic N) is 3. The first kappa shape index (κ1) is 9.86. The normalized spacial score (nSPS) is 28.0. The minimum atomic E-state index is 0.365. The van der Waals surface area contributed by atoms with Crippen molar-refractivity contribution in [2.24, 2.45) is 11.7 Å². The third-order valence-corrected chi connectivity index (χ3v) is 3.66. The van der Waals surface area contributed by atoms with Gasteiger partial charge in [0.05, 0.1) is 0 Å². The van der Waals surface area contributed by atoms with Crippen LogP contribution in [0.15, 0.2) is 6.33 Å². The summed E-state index contributed by atoms with van der Waals surface area (Å²) in [6.07, 6.45) is 3.84. The summed E-state index contributed by atoms with van der Waals surface area (Å²) in [5.74, 6) is 0.604. The number of hydrogen-bond acceptors (Lipinski definition) is 5. The number of aromatic nitrogens is 2.